The Hall–Kier alpha value is -1.89. The molecule has 1 aromatic rings. The van der Waals surface area contributed by atoms with Crippen LogP contribution in [0.4, 0.5) is 11.6 Å². The summed E-state index contributed by atoms with van der Waals surface area (Å²) >= 11 is 0. The first-order chi connectivity index (χ1) is 10.6. The lowest BCUT2D eigenvalue weighted by molar-refractivity contribution is -0.142. The van der Waals surface area contributed by atoms with Gasteiger partial charge in [-0.25, -0.2) is 9.97 Å². The summed E-state index contributed by atoms with van der Waals surface area (Å²) in [7, 11) is 0. The molecule has 0 aliphatic carbocycles. The summed E-state index contributed by atoms with van der Waals surface area (Å²) in [5.41, 5.74) is 0. The standard InChI is InChI=1S/C15H22N4O3/c1-11-6-12(15(20)21)9-19(8-11)14-7-13(16-10-17-14)18-2-4-22-5-3-18/h7,10-12H,2-6,8-9H2,1H3,(H,20,21). The Bertz CT molecular complexity index is 533. The molecule has 3 rings (SSSR count). The van der Waals surface area contributed by atoms with Crippen LogP contribution in [0, 0.1) is 11.8 Å². The molecule has 0 bridgehead atoms. The zero-order valence-electron chi connectivity index (χ0n) is 12.8. The Morgan fingerprint density at radius 1 is 1.23 bits per heavy atom. The number of aromatic nitrogens is 2. The average Bonchev–Trinajstić information content (AvgIpc) is 2.55. The highest BCUT2D eigenvalue weighted by molar-refractivity contribution is 5.71. The first kappa shape index (κ1) is 15.0. The highest BCUT2D eigenvalue weighted by Crippen LogP contribution is 2.27. The molecule has 0 saturated carbocycles. The minimum absolute atomic E-state index is 0.328. The van der Waals surface area contributed by atoms with Crippen LogP contribution in [0.5, 0.6) is 0 Å². The zero-order chi connectivity index (χ0) is 15.5. The summed E-state index contributed by atoms with van der Waals surface area (Å²) in [5.74, 6) is 0.994. The van der Waals surface area contributed by atoms with Crippen molar-refractivity contribution in [3.8, 4) is 0 Å². The van der Waals surface area contributed by atoms with E-state index in [4.69, 9.17) is 4.74 Å². The van der Waals surface area contributed by atoms with Crippen molar-refractivity contribution < 1.29 is 14.6 Å². The van der Waals surface area contributed by atoms with E-state index in [0.29, 0.717) is 25.7 Å². The van der Waals surface area contributed by atoms with Gasteiger partial charge in [-0.05, 0) is 12.3 Å². The Labute approximate surface area is 129 Å². The van der Waals surface area contributed by atoms with Gasteiger partial charge in [-0.1, -0.05) is 6.92 Å². The van der Waals surface area contributed by atoms with E-state index >= 15 is 0 Å². The number of aliphatic carboxylic acids is 1. The van der Waals surface area contributed by atoms with Crippen molar-refractivity contribution in [2.24, 2.45) is 11.8 Å². The number of carboxylic acid groups (broad SMARTS) is 1. The molecule has 120 valence electrons. The van der Waals surface area contributed by atoms with Crippen LogP contribution in [0.2, 0.25) is 0 Å². The van der Waals surface area contributed by atoms with E-state index in [0.717, 1.165) is 37.7 Å². The smallest absolute Gasteiger partial charge is 0.308 e. The van der Waals surface area contributed by atoms with Gasteiger partial charge in [0.05, 0.1) is 19.1 Å². The number of carboxylic acids is 1. The second-order valence-electron chi connectivity index (χ2n) is 6.11. The molecule has 2 unspecified atom stereocenters. The Morgan fingerprint density at radius 2 is 1.91 bits per heavy atom. The molecule has 0 spiro atoms. The first-order valence-corrected chi connectivity index (χ1v) is 7.76. The Balaban J connectivity index is 1.77. The summed E-state index contributed by atoms with van der Waals surface area (Å²) in [5, 5.41) is 9.30. The Kier molecular flexibility index (Phi) is 4.42. The zero-order valence-corrected chi connectivity index (χ0v) is 12.8. The summed E-state index contributed by atoms with van der Waals surface area (Å²) in [6.45, 7) is 6.51. The molecule has 7 heteroatoms. The van der Waals surface area contributed by atoms with Crippen LogP contribution < -0.4 is 9.80 Å². The molecule has 2 atom stereocenters. The number of nitrogens with zero attached hydrogens (tertiary/aromatic N) is 4. The molecular formula is C15H22N4O3. The number of hydrogen-bond donors (Lipinski definition) is 1. The molecule has 2 fully saturated rings. The SMILES string of the molecule is CC1CC(C(=O)O)CN(c2cc(N3CCOCC3)ncn2)C1. The van der Waals surface area contributed by atoms with Crippen molar-refractivity contribution in [1.29, 1.82) is 0 Å². The second-order valence-corrected chi connectivity index (χ2v) is 6.11. The topological polar surface area (TPSA) is 78.8 Å². The lowest BCUT2D eigenvalue weighted by Crippen LogP contribution is -2.43. The quantitative estimate of drug-likeness (QED) is 0.887. The van der Waals surface area contributed by atoms with Crippen molar-refractivity contribution in [2.45, 2.75) is 13.3 Å². The summed E-state index contributed by atoms with van der Waals surface area (Å²) in [4.78, 5) is 24.3. The van der Waals surface area contributed by atoms with Gasteiger partial charge in [0.1, 0.15) is 18.0 Å². The molecule has 7 nitrogen and oxygen atoms in total. The van der Waals surface area contributed by atoms with Crippen LogP contribution in [0.25, 0.3) is 0 Å². The van der Waals surface area contributed by atoms with Gasteiger partial charge in [0.15, 0.2) is 0 Å². The number of morpholine rings is 1. The van der Waals surface area contributed by atoms with Gasteiger partial charge in [0.2, 0.25) is 0 Å². The molecule has 0 radical (unpaired) electrons. The summed E-state index contributed by atoms with van der Waals surface area (Å²) in [6, 6.07) is 1.96. The van der Waals surface area contributed by atoms with Gasteiger partial charge in [0.25, 0.3) is 0 Å². The minimum Gasteiger partial charge on any atom is -0.481 e. The summed E-state index contributed by atoms with van der Waals surface area (Å²) in [6.07, 6.45) is 2.29. The lowest BCUT2D eigenvalue weighted by atomic mass is 9.90. The first-order valence-electron chi connectivity index (χ1n) is 7.76. The number of piperidine rings is 1. The fourth-order valence-corrected chi connectivity index (χ4v) is 3.19. The third kappa shape index (κ3) is 3.30. The van der Waals surface area contributed by atoms with Gasteiger partial charge in [-0.3, -0.25) is 4.79 Å². The van der Waals surface area contributed by atoms with E-state index in [-0.39, 0.29) is 5.92 Å². The number of carbonyl (C=O) groups is 1. The maximum Gasteiger partial charge on any atom is 0.308 e. The number of anilines is 2. The van der Waals surface area contributed by atoms with E-state index in [9.17, 15) is 9.90 Å². The highest BCUT2D eigenvalue weighted by atomic mass is 16.5. The lowest BCUT2D eigenvalue weighted by Gasteiger charge is -2.36. The van der Waals surface area contributed by atoms with Gasteiger partial charge in [-0.2, -0.15) is 0 Å². The number of hydrogen-bond acceptors (Lipinski definition) is 6. The van der Waals surface area contributed by atoms with Gasteiger partial charge in [0, 0.05) is 32.2 Å². The Morgan fingerprint density at radius 3 is 2.59 bits per heavy atom. The van der Waals surface area contributed by atoms with Crippen LogP contribution >= 0.6 is 0 Å². The molecule has 0 amide bonds. The minimum atomic E-state index is -0.723. The van der Waals surface area contributed by atoms with Crippen molar-refractivity contribution in [1.82, 2.24) is 9.97 Å². The van der Waals surface area contributed by atoms with E-state index < -0.39 is 5.97 Å². The largest absolute Gasteiger partial charge is 0.481 e. The molecule has 1 N–H and O–H groups in total. The van der Waals surface area contributed by atoms with E-state index in [1.807, 2.05) is 6.07 Å². The average molecular weight is 306 g/mol. The monoisotopic (exact) mass is 306 g/mol. The normalized spacial score (nSPS) is 26.0. The predicted octanol–water partition coefficient (Wildman–Crippen LogP) is 0.860. The molecule has 3 heterocycles. The molecule has 2 saturated heterocycles. The molecule has 22 heavy (non-hydrogen) atoms. The fourth-order valence-electron chi connectivity index (χ4n) is 3.19. The van der Waals surface area contributed by atoms with Gasteiger partial charge < -0.3 is 19.6 Å². The maximum absolute atomic E-state index is 11.3. The number of rotatable bonds is 3. The fraction of sp³-hybridized carbons (Fsp3) is 0.667. The third-order valence-corrected chi connectivity index (χ3v) is 4.31. The van der Waals surface area contributed by atoms with Crippen LogP contribution in [0.1, 0.15) is 13.3 Å². The van der Waals surface area contributed by atoms with Crippen LogP contribution in [0.15, 0.2) is 12.4 Å². The van der Waals surface area contributed by atoms with Crippen molar-refractivity contribution in [3.63, 3.8) is 0 Å². The van der Waals surface area contributed by atoms with Crippen molar-refractivity contribution >= 4 is 17.6 Å². The highest BCUT2D eigenvalue weighted by Gasteiger charge is 2.30. The van der Waals surface area contributed by atoms with Crippen LogP contribution in [-0.4, -0.2) is 60.4 Å². The van der Waals surface area contributed by atoms with Gasteiger partial charge in [-0.15, -0.1) is 0 Å². The second kappa shape index (κ2) is 6.48. The molecule has 2 aliphatic rings. The molecule has 1 aromatic heterocycles. The molecule has 2 aliphatic heterocycles. The van der Waals surface area contributed by atoms with E-state index in [1.54, 1.807) is 6.33 Å². The van der Waals surface area contributed by atoms with E-state index in [2.05, 4.69) is 26.7 Å². The summed E-state index contributed by atoms with van der Waals surface area (Å²) < 4.78 is 5.36. The number of ether oxygens (including phenoxy) is 1. The van der Waals surface area contributed by atoms with Crippen LogP contribution in [0.3, 0.4) is 0 Å². The van der Waals surface area contributed by atoms with Gasteiger partial charge >= 0.3 is 5.97 Å². The maximum atomic E-state index is 11.3. The molecular weight excluding hydrogens is 284 g/mol. The van der Waals surface area contributed by atoms with Crippen molar-refractivity contribution in [2.75, 3.05) is 49.2 Å². The van der Waals surface area contributed by atoms with Crippen LogP contribution in [-0.2, 0) is 9.53 Å². The third-order valence-electron chi connectivity index (χ3n) is 4.31. The molecule has 0 aromatic carbocycles. The van der Waals surface area contributed by atoms with Crippen molar-refractivity contribution in [3.05, 3.63) is 12.4 Å². The predicted molar refractivity (Wildman–Crippen MR) is 82.2 cm³/mol. The van der Waals surface area contributed by atoms with E-state index in [1.165, 1.54) is 0 Å².